The minimum absolute atomic E-state index is 0.0486. The van der Waals surface area contributed by atoms with Crippen molar-refractivity contribution in [3.63, 3.8) is 0 Å². The van der Waals surface area contributed by atoms with E-state index in [1.165, 1.54) is 29.2 Å². The Kier molecular flexibility index (Phi) is 14.4. The molecule has 0 fully saturated rings. The molecule has 0 bridgehead atoms. The second-order valence-electron chi connectivity index (χ2n) is 18.3. The Hall–Kier alpha value is -5.13. The summed E-state index contributed by atoms with van der Waals surface area (Å²) in [5.41, 5.74) is -3.08. The summed E-state index contributed by atoms with van der Waals surface area (Å²) in [7, 11) is -4.54. The van der Waals surface area contributed by atoms with Gasteiger partial charge >= 0.3 is 24.2 Å². The lowest BCUT2D eigenvalue weighted by atomic mass is 9.86. The molecule has 2 aromatic carbocycles. The molecule has 16 nitrogen and oxygen atoms in total. The zero-order chi connectivity index (χ0) is 46.0. The summed E-state index contributed by atoms with van der Waals surface area (Å²) >= 11 is 12.4. The number of benzene rings is 2. The Labute approximate surface area is 366 Å². The van der Waals surface area contributed by atoms with Gasteiger partial charge in [0.2, 0.25) is 0 Å². The number of carbonyl (C=O) groups excluding carboxylic acids is 3. The summed E-state index contributed by atoms with van der Waals surface area (Å²) in [6.07, 6.45) is -0.793. The summed E-state index contributed by atoms with van der Waals surface area (Å²) in [5.74, 6) is -0.921. The first-order valence-electron chi connectivity index (χ1n) is 19.3. The van der Waals surface area contributed by atoms with Crippen molar-refractivity contribution in [2.75, 3.05) is 22.3 Å². The molecule has 0 aliphatic rings. The number of aromatic nitrogens is 3. The van der Waals surface area contributed by atoms with Crippen LogP contribution >= 0.6 is 23.2 Å². The van der Waals surface area contributed by atoms with Crippen LogP contribution in [0.2, 0.25) is 10.0 Å². The topological polar surface area (TPSA) is 191 Å². The zero-order valence-electron chi connectivity index (χ0n) is 36.4. The van der Waals surface area contributed by atoms with Gasteiger partial charge in [-0.3, -0.25) is 13.8 Å². The van der Waals surface area contributed by atoms with E-state index in [0.717, 1.165) is 9.21 Å². The molecule has 0 aliphatic heterocycles. The minimum atomic E-state index is -4.54. The second kappa shape index (κ2) is 18.1. The van der Waals surface area contributed by atoms with Gasteiger partial charge in [-0.05, 0) is 129 Å². The van der Waals surface area contributed by atoms with Gasteiger partial charge in [-0.25, -0.2) is 32.5 Å². The van der Waals surface area contributed by atoms with E-state index in [-0.39, 0.29) is 46.0 Å². The van der Waals surface area contributed by atoms with E-state index in [9.17, 15) is 32.7 Å². The Bertz CT molecular complexity index is 2330. The summed E-state index contributed by atoms with van der Waals surface area (Å²) in [4.78, 5) is 54.3. The predicted octanol–water partition coefficient (Wildman–Crippen LogP) is 9.73. The van der Waals surface area contributed by atoms with Crippen LogP contribution in [0.1, 0.15) is 89.5 Å². The number of anilines is 2. The van der Waals surface area contributed by atoms with Crippen molar-refractivity contribution in [1.82, 2.24) is 19.7 Å². The minimum Gasteiger partial charge on any atom is -0.480 e. The van der Waals surface area contributed by atoms with Crippen LogP contribution in [0, 0.1) is 5.41 Å². The fourth-order valence-electron chi connectivity index (χ4n) is 5.99. The third-order valence-corrected chi connectivity index (χ3v) is 10.6. The summed E-state index contributed by atoms with van der Waals surface area (Å²) in [6.45, 7) is 19.8. The van der Waals surface area contributed by atoms with Crippen LogP contribution in [0.3, 0.4) is 0 Å². The number of halogens is 2. The molecule has 19 heteroatoms. The Morgan fingerprint density at radius 3 is 1.74 bits per heavy atom. The third-order valence-electron chi connectivity index (χ3n) is 8.37. The van der Waals surface area contributed by atoms with Crippen molar-refractivity contribution in [1.29, 1.82) is 0 Å². The molecule has 3 amide bonds. The van der Waals surface area contributed by atoms with E-state index in [2.05, 4.69) is 10.2 Å². The molecule has 2 heterocycles. The fraction of sp³-hybridized carbons (Fsp3) is 0.476. The van der Waals surface area contributed by atoms with Gasteiger partial charge in [0.1, 0.15) is 22.8 Å². The van der Waals surface area contributed by atoms with Crippen molar-refractivity contribution >= 4 is 79.9 Å². The van der Waals surface area contributed by atoms with E-state index >= 15 is 0 Å². The first kappa shape index (κ1) is 48.5. The number of hydrogen-bond donors (Lipinski definition) is 1. The molecule has 0 aliphatic carbocycles. The third kappa shape index (κ3) is 12.7. The van der Waals surface area contributed by atoms with Crippen LogP contribution in [-0.4, -0.2) is 93.4 Å². The van der Waals surface area contributed by atoms with E-state index in [0.29, 0.717) is 16.7 Å². The molecule has 4 rings (SSSR count). The molecule has 0 spiro atoms. The Balaban J connectivity index is 1.70. The SMILES string of the molecule is CC(C)(C)OC(=O)N(CCCN(C(=O)OC(C)(C)C)c1ccc(-n2ccc3cc(N(C(C(=O)O)C(C)(C)C)S(=O)(=O)c4cc(Cl)cc(Cl)c4)ccc32)nn1)C(=O)OC(C)(C)C. The van der Waals surface area contributed by atoms with Crippen molar-refractivity contribution in [2.45, 2.75) is 117 Å². The van der Waals surface area contributed by atoms with Crippen molar-refractivity contribution < 1.29 is 46.9 Å². The zero-order valence-corrected chi connectivity index (χ0v) is 38.8. The van der Waals surface area contributed by atoms with E-state index in [1.54, 1.807) is 124 Å². The predicted molar refractivity (Wildman–Crippen MR) is 233 cm³/mol. The number of sulfonamides is 1. The van der Waals surface area contributed by atoms with Crippen LogP contribution in [0.5, 0.6) is 0 Å². The highest BCUT2D eigenvalue weighted by Gasteiger charge is 2.44. The first-order chi connectivity index (χ1) is 27.9. The van der Waals surface area contributed by atoms with Gasteiger partial charge in [-0.2, -0.15) is 0 Å². The van der Waals surface area contributed by atoms with Crippen molar-refractivity contribution in [2.24, 2.45) is 5.41 Å². The van der Waals surface area contributed by atoms with Crippen LogP contribution in [0.25, 0.3) is 16.7 Å². The average molecular weight is 906 g/mol. The number of nitrogens with zero attached hydrogens (tertiary/aromatic N) is 6. The van der Waals surface area contributed by atoms with E-state index in [1.807, 2.05) is 0 Å². The number of carboxylic acid groups (broad SMARTS) is 1. The highest BCUT2D eigenvalue weighted by Crippen LogP contribution is 2.37. The Morgan fingerprint density at radius 1 is 0.721 bits per heavy atom. The van der Waals surface area contributed by atoms with Crippen molar-refractivity contribution in [3.8, 4) is 5.82 Å². The summed E-state index contributed by atoms with van der Waals surface area (Å²) in [6, 6.07) is 11.8. The monoisotopic (exact) mass is 904 g/mol. The fourth-order valence-corrected chi connectivity index (χ4v) is 8.50. The van der Waals surface area contributed by atoms with E-state index < -0.39 is 62.5 Å². The maximum Gasteiger partial charge on any atom is 0.419 e. The number of fused-ring (bicyclic) bond motifs is 1. The molecule has 1 N–H and O–H groups in total. The van der Waals surface area contributed by atoms with Gasteiger partial charge in [0.05, 0.1) is 16.1 Å². The van der Waals surface area contributed by atoms with Gasteiger partial charge < -0.3 is 19.3 Å². The number of hydrogen-bond acceptors (Lipinski definition) is 11. The van der Waals surface area contributed by atoms with Crippen LogP contribution < -0.4 is 9.21 Å². The average Bonchev–Trinajstić information content (AvgIpc) is 3.50. The molecule has 61 heavy (non-hydrogen) atoms. The molecule has 1 unspecified atom stereocenters. The van der Waals surface area contributed by atoms with Gasteiger partial charge in [-0.15, -0.1) is 10.2 Å². The molecule has 2 aromatic heterocycles. The molecular formula is C42H54Cl2N6O10S. The molecule has 332 valence electrons. The smallest absolute Gasteiger partial charge is 0.419 e. The highest BCUT2D eigenvalue weighted by atomic mass is 35.5. The van der Waals surface area contributed by atoms with E-state index in [4.69, 9.17) is 37.4 Å². The van der Waals surface area contributed by atoms with Gasteiger partial charge in [0.25, 0.3) is 10.0 Å². The number of carbonyl (C=O) groups is 4. The molecule has 0 radical (unpaired) electrons. The number of ether oxygens (including phenoxy) is 3. The van der Waals surface area contributed by atoms with Gasteiger partial charge in [0.15, 0.2) is 11.6 Å². The molecule has 0 saturated carbocycles. The van der Waals surface area contributed by atoms with Gasteiger partial charge in [0, 0.05) is 34.7 Å². The number of aliphatic carboxylic acids is 1. The van der Waals surface area contributed by atoms with Crippen LogP contribution in [0.15, 0.2) is 65.7 Å². The number of imide groups is 1. The van der Waals surface area contributed by atoms with Crippen LogP contribution in [0.4, 0.5) is 25.9 Å². The van der Waals surface area contributed by atoms with Gasteiger partial charge in [-0.1, -0.05) is 44.0 Å². The van der Waals surface area contributed by atoms with Crippen LogP contribution in [-0.2, 0) is 29.0 Å². The molecule has 1 atom stereocenters. The lowest BCUT2D eigenvalue weighted by molar-refractivity contribution is -0.140. The normalized spacial score (nSPS) is 13.0. The quantitative estimate of drug-likeness (QED) is 0.140. The molecule has 0 saturated heterocycles. The Morgan fingerprint density at radius 2 is 1.26 bits per heavy atom. The van der Waals surface area contributed by atoms with Crippen molar-refractivity contribution in [3.05, 3.63) is 70.8 Å². The standard InChI is InChI=1S/C42H54Cl2N6O10S/c1-39(2,3)34(35(51)52)50(61(56,57)30-24-27(43)23-28(44)25-30)29-14-15-31-26(22-29)18-21-47(31)32-16-17-33(46-45-32)48(36(53)58-40(4,5)6)19-13-20-49(37(54)59-41(7,8)9)38(55)60-42(10,11)12/h14-18,21-25,34H,13,19-20H2,1-12H3,(H,51,52). The first-order valence-corrected chi connectivity index (χ1v) is 21.5. The highest BCUT2D eigenvalue weighted by molar-refractivity contribution is 7.93. The second-order valence-corrected chi connectivity index (χ2v) is 21.0. The lowest BCUT2D eigenvalue weighted by Crippen LogP contribution is -2.52. The largest absolute Gasteiger partial charge is 0.480 e. The lowest BCUT2D eigenvalue weighted by Gasteiger charge is -2.37. The maximum atomic E-state index is 14.3. The summed E-state index contributed by atoms with van der Waals surface area (Å²) < 4.78 is 47.7. The maximum absolute atomic E-state index is 14.3. The molecule has 4 aromatic rings. The number of carboxylic acids is 1. The summed E-state index contributed by atoms with van der Waals surface area (Å²) in [5, 5.41) is 19.8. The number of amides is 3. The number of rotatable bonds is 11. The molecular weight excluding hydrogens is 851 g/mol.